The summed E-state index contributed by atoms with van der Waals surface area (Å²) in [7, 11) is -2.24. The van der Waals surface area contributed by atoms with E-state index in [9.17, 15) is 18.0 Å². The fourth-order valence-electron chi connectivity index (χ4n) is 5.33. The van der Waals surface area contributed by atoms with Crippen LogP contribution in [0.2, 0.25) is 0 Å². The molecule has 218 valence electrons. The van der Waals surface area contributed by atoms with Crippen LogP contribution >= 0.6 is 0 Å². The number of anilines is 1. The maximum atomic E-state index is 14.2. The lowest BCUT2D eigenvalue weighted by Crippen LogP contribution is -2.54. The third-order valence-electron chi connectivity index (χ3n) is 7.52. The first-order valence-corrected chi connectivity index (χ1v) is 15.8. The van der Waals surface area contributed by atoms with Gasteiger partial charge in [0.1, 0.15) is 18.3 Å². The van der Waals surface area contributed by atoms with Crippen LogP contribution in [-0.2, 0) is 32.6 Å². The molecule has 0 bridgehead atoms. The van der Waals surface area contributed by atoms with Crippen LogP contribution in [0, 0.1) is 6.92 Å². The third-order valence-corrected chi connectivity index (χ3v) is 8.65. The van der Waals surface area contributed by atoms with Crippen molar-refractivity contribution in [3.8, 4) is 5.75 Å². The fourth-order valence-corrected chi connectivity index (χ4v) is 6.23. The van der Waals surface area contributed by atoms with Gasteiger partial charge in [-0.2, -0.15) is 0 Å². The number of carbonyl (C=O) groups is 2. The van der Waals surface area contributed by atoms with Gasteiger partial charge in [-0.15, -0.1) is 0 Å². The van der Waals surface area contributed by atoms with Gasteiger partial charge in [-0.3, -0.25) is 13.9 Å². The number of rotatable bonds is 12. The average molecular weight is 578 g/mol. The van der Waals surface area contributed by atoms with Gasteiger partial charge in [0.25, 0.3) is 0 Å². The zero-order valence-electron chi connectivity index (χ0n) is 24.0. The first-order valence-electron chi connectivity index (χ1n) is 14.0. The zero-order valence-corrected chi connectivity index (χ0v) is 24.8. The van der Waals surface area contributed by atoms with Gasteiger partial charge in [-0.25, -0.2) is 8.42 Å². The predicted molar refractivity (Wildman–Crippen MR) is 161 cm³/mol. The summed E-state index contributed by atoms with van der Waals surface area (Å²) >= 11 is 0. The van der Waals surface area contributed by atoms with Gasteiger partial charge in [0.05, 0.1) is 19.1 Å². The summed E-state index contributed by atoms with van der Waals surface area (Å²) in [5, 5.41) is 3.18. The Labute approximate surface area is 243 Å². The Bertz CT molecular complexity index is 1440. The third kappa shape index (κ3) is 8.10. The molecule has 1 aliphatic carbocycles. The van der Waals surface area contributed by atoms with E-state index < -0.39 is 28.5 Å². The lowest BCUT2D eigenvalue weighted by molar-refractivity contribution is -0.140. The minimum absolute atomic E-state index is 0.0639. The highest BCUT2D eigenvalue weighted by Gasteiger charge is 2.34. The molecule has 9 heteroatoms. The molecule has 0 radical (unpaired) electrons. The molecule has 3 aromatic rings. The minimum Gasteiger partial charge on any atom is -0.497 e. The summed E-state index contributed by atoms with van der Waals surface area (Å²) in [6.07, 6.45) is 5.30. The Kier molecular flexibility index (Phi) is 10.0. The van der Waals surface area contributed by atoms with Crippen molar-refractivity contribution >= 4 is 27.5 Å². The molecule has 0 saturated heterocycles. The minimum atomic E-state index is -3.81. The highest BCUT2D eigenvalue weighted by molar-refractivity contribution is 7.92. The monoisotopic (exact) mass is 577 g/mol. The van der Waals surface area contributed by atoms with Crippen LogP contribution in [0.4, 0.5) is 5.69 Å². The second kappa shape index (κ2) is 13.7. The SMILES string of the molecule is COc1cccc(CN(C(=O)CN(c2ccccc2C)S(C)(=O)=O)[C@H](Cc2ccccc2)C(=O)NC2CCCC2)c1. The predicted octanol–water partition coefficient (Wildman–Crippen LogP) is 4.47. The van der Waals surface area contributed by atoms with Crippen molar-refractivity contribution in [3.05, 3.63) is 95.6 Å². The number of nitrogens with zero attached hydrogens (tertiary/aromatic N) is 2. The molecule has 0 aliphatic heterocycles. The van der Waals surface area contributed by atoms with Crippen molar-refractivity contribution < 1.29 is 22.7 Å². The van der Waals surface area contributed by atoms with E-state index in [4.69, 9.17) is 4.74 Å². The first kappa shape index (κ1) is 30.1. The molecule has 0 heterocycles. The van der Waals surface area contributed by atoms with Gasteiger partial charge in [0.2, 0.25) is 21.8 Å². The Morgan fingerprint density at radius 3 is 2.27 bits per heavy atom. The number of sulfonamides is 1. The van der Waals surface area contributed by atoms with E-state index in [1.54, 1.807) is 32.2 Å². The van der Waals surface area contributed by atoms with Crippen molar-refractivity contribution in [3.63, 3.8) is 0 Å². The highest BCUT2D eigenvalue weighted by atomic mass is 32.2. The number of hydrogen-bond donors (Lipinski definition) is 1. The van der Waals surface area contributed by atoms with Crippen LogP contribution in [0.3, 0.4) is 0 Å². The number of amides is 2. The van der Waals surface area contributed by atoms with Gasteiger partial charge < -0.3 is 15.0 Å². The Morgan fingerprint density at radius 1 is 0.951 bits per heavy atom. The van der Waals surface area contributed by atoms with Crippen molar-refractivity contribution in [2.24, 2.45) is 0 Å². The second-order valence-corrected chi connectivity index (χ2v) is 12.5. The van der Waals surface area contributed by atoms with Crippen LogP contribution in [0.5, 0.6) is 5.75 Å². The summed E-state index contributed by atoms with van der Waals surface area (Å²) in [6, 6.07) is 23.2. The largest absolute Gasteiger partial charge is 0.497 e. The van der Waals surface area contributed by atoms with Crippen LogP contribution in [0.25, 0.3) is 0 Å². The molecule has 8 nitrogen and oxygen atoms in total. The quantitative estimate of drug-likeness (QED) is 0.343. The van der Waals surface area contributed by atoms with Crippen molar-refractivity contribution in [1.29, 1.82) is 0 Å². The zero-order chi connectivity index (χ0) is 29.4. The molecule has 1 fully saturated rings. The van der Waals surface area contributed by atoms with Crippen molar-refractivity contribution in [2.75, 3.05) is 24.2 Å². The second-order valence-electron chi connectivity index (χ2n) is 10.6. The van der Waals surface area contributed by atoms with Crippen molar-refractivity contribution in [1.82, 2.24) is 10.2 Å². The molecule has 1 N–H and O–H groups in total. The van der Waals surface area contributed by atoms with Gasteiger partial charge in [-0.05, 0) is 54.7 Å². The molecular formula is C32H39N3O5S. The van der Waals surface area contributed by atoms with Crippen LogP contribution in [0.15, 0.2) is 78.9 Å². The molecule has 0 unspecified atom stereocenters. The number of nitrogens with one attached hydrogen (secondary N) is 1. The highest BCUT2D eigenvalue weighted by Crippen LogP contribution is 2.25. The number of para-hydroxylation sites is 1. The summed E-state index contributed by atoms with van der Waals surface area (Å²) in [6.45, 7) is 1.48. The Hall–Kier alpha value is -3.85. The number of ether oxygens (including phenoxy) is 1. The van der Waals surface area contributed by atoms with Crippen molar-refractivity contribution in [2.45, 2.75) is 57.7 Å². The fraction of sp³-hybridized carbons (Fsp3) is 0.375. The summed E-state index contributed by atoms with van der Waals surface area (Å²) < 4.78 is 32.5. The van der Waals surface area contributed by atoms with E-state index in [0.717, 1.165) is 52.9 Å². The van der Waals surface area contributed by atoms with E-state index in [2.05, 4.69) is 5.32 Å². The van der Waals surface area contributed by atoms with E-state index in [-0.39, 0.29) is 18.5 Å². The number of hydrogen-bond acceptors (Lipinski definition) is 5. The first-order chi connectivity index (χ1) is 19.7. The van der Waals surface area contributed by atoms with Gasteiger partial charge >= 0.3 is 0 Å². The molecule has 1 atom stereocenters. The summed E-state index contributed by atoms with van der Waals surface area (Å²) in [4.78, 5) is 29.7. The molecule has 41 heavy (non-hydrogen) atoms. The normalized spacial score (nSPS) is 14.3. The lowest BCUT2D eigenvalue weighted by Gasteiger charge is -2.34. The molecule has 0 aromatic heterocycles. The Morgan fingerprint density at radius 2 is 1.61 bits per heavy atom. The molecule has 1 saturated carbocycles. The lowest BCUT2D eigenvalue weighted by atomic mass is 10.0. The van der Waals surface area contributed by atoms with E-state index in [1.807, 2.05) is 60.7 Å². The van der Waals surface area contributed by atoms with Crippen LogP contribution < -0.4 is 14.4 Å². The molecule has 1 aliphatic rings. The maximum Gasteiger partial charge on any atom is 0.244 e. The molecule has 0 spiro atoms. The van der Waals surface area contributed by atoms with Crippen LogP contribution in [0.1, 0.15) is 42.4 Å². The van der Waals surface area contributed by atoms with Crippen LogP contribution in [-0.4, -0.2) is 57.1 Å². The van der Waals surface area contributed by atoms with Gasteiger partial charge in [0, 0.05) is 19.0 Å². The van der Waals surface area contributed by atoms with Gasteiger partial charge in [0.15, 0.2) is 0 Å². The number of methoxy groups -OCH3 is 1. The number of aryl methyl sites for hydroxylation is 1. The number of benzene rings is 3. The average Bonchev–Trinajstić information content (AvgIpc) is 3.47. The summed E-state index contributed by atoms with van der Waals surface area (Å²) in [5.41, 5.74) is 2.83. The van der Waals surface area contributed by atoms with E-state index in [1.165, 1.54) is 4.90 Å². The molecule has 2 amide bonds. The van der Waals surface area contributed by atoms with Gasteiger partial charge in [-0.1, -0.05) is 73.5 Å². The van der Waals surface area contributed by atoms with E-state index >= 15 is 0 Å². The van der Waals surface area contributed by atoms with E-state index in [0.29, 0.717) is 17.9 Å². The molecular weight excluding hydrogens is 538 g/mol. The number of carbonyl (C=O) groups excluding carboxylic acids is 2. The molecule has 3 aromatic carbocycles. The Balaban J connectivity index is 1.74. The smallest absolute Gasteiger partial charge is 0.244 e. The molecule has 4 rings (SSSR count). The maximum absolute atomic E-state index is 14.2. The standard InChI is InChI=1S/C32H39N3O5S/c1-24-12-7-10-19-29(24)35(41(3,38)39)23-31(36)34(22-26-15-11-18-28(20-26)40-2)30(21-25-13-5-4-6-14-25)32(37)33-27-16-8-9-17-27/h4-7,10-15,18-20,27,30H,8-9,16-17,21-23H2,1-3H3,(H,33,37)/t30-/m1/s1. The topological polar surface area (TPSA) is 96.0 Å². The summed E-state index contributed by atoms with van der Waals surface area (Å²) in [5.74, 6) is -0.0783.